The van der Waals surface area contributed by atoms with Crippen molar-refractivity contribution >= 4 is 17.3 Å². The molecule has 0 atom stereocenters. The molecule has 82 valence electrons. The van der Waals surface area contributed by atoms with E-state index in [2.05, 4.69) is 5.32 Å². The summed E-state index contributed by atoms with van der Waals surface area (Å²) in [5.74, 6) is 0. The zero-order valence-electron chi connectivity index (χ0n) is 8.87. The monoisotopic (exact) mass is 225 g/mol. The Morgan fingerprint density at radius 1 is 1.47 bits per heavy atom. The molecule has 0 aliphatic heterocycles. The van der Waals surface area contributed by atoms with Gasteiger partial charge in [0.1, 0.15) is 0 Å². The minimum atomic E-state index is 0.451. The van der Waals surface area contributed by atoms with Crippen LogP contribution in [0.2, 0.25) is 5.02 Å². The first-order valence-corrected chi connectivity index (χ1v) is 5.79. The first kappa shape index (κ1) is 10.8. The lowest BCUT2D eigenvalue weighted by molar-refractivity contribution is 0.00299. The molecule has 0 bridgehead atoms. The minimum absolute atomic E-state index is 0.451. The molecule has 1 aliphatic rings. The number of ether oxygens (including phenoxy) is 1. The second kappa shape index (κ2) is 4.86. The summed E-state index contributed by atoms with van der Waals surface area (Å²) in [5.41, 5.74) is 1.10. The van der Waals surface area contributed by atoms with Gasteiger partial charge in [0.15, 0.2) is 0 Å². The highest BCUT2D eigenvalue weighted by Crippen LogP contribution is 2.27. The van der Waals surface area contributed by atoms with Crippen LogP contribution in [-0.4, -0.2) is 18.8 Å². The second-order valence-electron chi connectivity index (χ2n) is 3.90. The molecule has 1 aliphatic carbocycles. The van der Waals surface area contributed by atoms with Crippen molar-refractivity contribution in [3.63, 3.8) is 0 Å². The fourth-order valence-corrected chi connectivity index (χ4v) is 2.06. The Bertz CT molecular complexity index is 323. The van der Waals surface area contributed by atoms with E-state index < -0.39 is 0 Å². The zero-order valence-corrected chi connectivity index (χ0v) is 9.63. The summed E-state index contributed by atoms with van der Waals surface area (Å²) in [5, 5.41) is 4.22. The van der Waals surface area contributed by atoms with E-state index in [1.54, 1.807) is 0 Å². The number of nitrogens with one attached hydrogen (secondary N) is 1. The molecule has 1 aromatic carbocycles. The summed E-state index contributed by atoms with van der Waals surface area (Å²) in [7, 11) is 0. The number of halogens is 1. The summed E-state index contributed by atoms with van der Waals surface area (Å²) in [6, 6.07) is 8.38. The fourth-order valence-electron chi connectivity index (χ4n) is 1.87. The summed E-state index contributed by atoms with van der Waals surface area (Å²) >= 11 is 5.90. The van der Waals surface area contributed by atoms with Gasteiger partial charge >= 0.3 is 0 Å². The largest absolute Gasteiger partial charge is 0.382 e. The van der Waals surface area contributed by atoms with Gasteiger partial charge in [-0.2, -0.15) is 0 Å². The molecule has 0 saturated heterocycles. The van der Waals surface area contributed by atoms with E-state index in [9.17, 15) is 0 Å². The van der Waals surface area contributed by atoms with Crippen molar-refractivity contribution in [1.82, 2.24) is 0 Å². The Morgan fingerprint density at radius 3 is 2.93 bits per heavy atom. The van der Waals surface area contributed by atoms with E-state index in [-0.39, 0.29) is 0 Å². The molecule has 0 radical (unpaired) electrons. The average molecular weight is 226 g/mol. The Hall–Kier alpha value is -0.730. The highest BCUT2D eigenvalue weighted by molar-refractivity contribution is 6.30. The number of hydrogen-bond acceptors (Lipinski definition) is 2. The molecular formula is C12H16ClNO. The molecule has 0 spiro atoms. The van der Waals surface area contributed by atoms with Crippen LogP contribution in [0.25, 0.3) is 0 Å². The van der Waals surface area contributed by atoms with Crippen molar-refractivity contribution in [1.29, 1.82) is 0 Å². The minimum Gasteiger partial charge on any atom is -0.382 e. The van der Waals surface area contributed by atoms with Gasteiger partial charge in [-0.25, -0.2) is 0 Å². The van der Waals surface area contributed by atoms with Crippen LogP contribution in [0.3, 0.4) is 0 Å². The van der Waals surface area contributed by atoms with E-state index >= 15 is 0 Å². The topological polar surface area (TPSA) is 21.3 Å². The lowest BCUT2D eigenvalue weighted by Crippen LogP contribution is -2.40. The van der Waals surface area contributed by atoms with Crippen LogP contribution in [0.1, 0.15) is 19.8 Å². The third-order valence-corrected chi connectivity index (χ3v) is 2.93. The van der Waals surface area contributed by atoms with E-state index in [1.807, 2.05) is 31.2 Å². The molecule has 1 fully saturated rings. The van der Waals surface area contributed by atoms with Gasteiger partial charge in [0.05, 0.1) is 6.10 Å². The Morgan fingerprint density at radius 2 is 2.27 bits per heavy atom. The standard InChI is InChI=1S/C12H16ClNO/c1-2-15-12-7-11(8-12)14-10-5-3-4-9(13)6-10/h3-6,11-12,14H,2,7-8H2,1H3. The van der Waals surface area contributed by atoms with Gasteiger partial charge in [0.2, 0.25) is 0 Å². The van der Waals surface area contributed by atoms with Gasteiger partial charge in [-0.3, -0.25) is 0 Å². The molecule has 0 heterocycles. The highest BCUT2D eigenvalue weighted by Gasteiger charge is 2.29. The summed E-state index contributed by atoms with van der Waals surface area (Å²) in [6.07, 6.45) is 2.65. The first-order valence-electron chi connectivity index (χ1n) is 5.41. The smallest absolute Gasteiger partial charge is 0.0614 e. The van der Waals surface area contributed by atoms with Gasteiger partial charge in [-0.1, -0.05) is 17.7 Å². The maximum Gasteiger partial charge on any atom is 0.0614 e. The van der Waals surface area contributed by atoms with E-state index in [0.29, 0.717) is 12.1 Å². The molecule has 2 nitrogen and oxygen atoms in total. The van der Waals surface area contributed by atoms with Gasteiger partial charge in [-0.15, -0.1) is 0 Å². The number of hydrogen-bond donors (Lipinski definition) is 1. The normalized spacial score (nSPS) is 24.7. The van der Waals surface area contributed by atoms with Gasteiger partial charge < -0.3 is 10.1 Å². The maximum absolute atomic E-state index is 5.90. The van der Waals surface area contributed by atoms with Crippen LogP contribution in [0.15, 0.2) is 24.3 Å². The molecular weight excluding hydrogens is 210 g/mol. The number of anilines is 1. The van der Waals surface area contributed by atoms with Crippen LogP contribution in [0.5, 0.6) is 0 Å². The Kier molecular flexibility index (Phi) is 3.49. The lowest BCUT2D eigenvalue weighted by atomic mass is 9.89. The van der Waals surface area contributed by atoms with Crippen molar-refractivity contribution < 1.29 is 4.74 Å². The molecule has 1 aromatic rings. The van der Waals surface area contributed by atoms with Crippen LogP contribution in [-0.2, 0) is 4.74 Å². The van der Waals surface area contributed by atoms with Crippen LogP contribution >= 0.6 is 11.6 Å². The molecule has 0 amide bonds. The highest BCUT2D eigenvalue weighted by atomic mass is 35.5. The average Bonchev–Trinajstić information content (AvgIpc) is 2.15. The summed E-state index contributed by atoms with van der Waals surface area (Å²) in [4.78, 5) is 0. The number of rotatable bonds is 4. The van der Waals surface area contributed by atoms with Crippen LogP contribution in [0, 0.1) is 0 Å². The predicted octanol–water partition coefficient (Wildman–Crippen LogP) is 3.32. The molecule has 1 N–H and O–H groups in total. The predicted molar refractivity (Wildman–Crippen MR) is 63.5 cm³/mol. The Balaban J connectivity index is 1.80. The van der Waals surface area contributed by atoms with Gasteiger partial charge in [0, 0.05) is 23.4 Å². The number of benzene rings is 1. The van der Waals surface area contributed by atoms with E-state index in [0.717, 1.165) is 30.2 Å². The summed E-state index contributed by atoms with van der Waals surface area (Å²) < 4.78 is 5.50. The molecule has 0 unspecified atom stereocenters. The lowest BCUT2D eigenvalue weighted by Gasteiger charge is -2.36. The Labute approximate surface area is 95.6 Å². The van der Waals surface area contributed by atoms with E-state index in [1.165, 1.54) is 0 Å². The fraction of sp³-hybridized carbons (Fsp3) is 0.500. The zero-order chi connectivity index (χ0) is 10.7. The van der Waals surface area contributed by atoms with Crippen molar-refractivity contribution in [2.75, 3.05) is 11.9 Å². The SMILES string of the molecule is CCOC1CC(Nc2cccc(Cl)c2)C1. The molecule has 2 rings (SSSR count). The van der Waals surface area contributed by atoms with E-state index in [4.69, 9.17) is 16.3 Å². The molecule has 1 saturated carbocycles. The molecule has 0 aromatic heterocycles. The third-order valence-electron chi connectivity index (χ3n) is 2.69. The second-order valence-corrected chi connectivity index (χ2v) is 4.34. The molecule has 3 heteroatoms. The van der Waals surface area contributed by atoms with Gasteiger partial charge in [-0.05, 0) is 38.0 Å². The van der Waals surface area contributed by atoms with Crippen molar-refractivity contribution in [3.05, 3.63) is 29.3 Å². The first-order chi connectivity index (χ1) is 7.28. The van der Waals surface area contributed by atoms with Gasteiger partial charge in [0.25, 0.3) is 0 Å². The summed E-state index contributed by atoms with van der Waals surface area (Å²) in [6.45, 7) is 2.85. The van der Waals surface area contributed by atoms with Crippen molar-refractivity contribution in [2.45, 2.75) is 31.9 Å². The van der Waals surface area contributed by atoms with Crippen molar-refractivity contribution in [3.8, 4) is 0 Å². The van der Waals surface area contributed by atoms with Crippen LogP contribution < -0.4 is 5.32 Å². The van der Waals surface area contributed by atoms with Crippen molar-refractivity contribution in [2.24, 2.45) is 0 Å². The quantitative estimate of drug-likeness (QED) is 0.849. The third kappa shape index (κ3) is 2.86. The molecule has 15 heavy (non-hydrogen) atoms. The van der Waals surface area contributed by atoms with Crippen LogP contribution in [0.4, 0.5) is 5.69 Å². The maximum atomic E-state index is 5.90.